The Morgan fingerprint density at radius 3 is 2.40 bits per heavy atom. The minimum atomic E-state index is -0.906. The second-order valence-corrected chi connectivity index (χ2v) is 4.09. The first-order valence-electron chi connectivity index (χ1n) is 5.67. The van der Waals surface area contributed by atoms with E-state index in [-0.39, 0.29) is 11.1 Å². The normalized spacial score (nSPS) is 10.9. The summed E-state index contributed by atoms with van der Waals surface area (Å²) in [5.41, 5.74) is -0.599. The fourth-order valence-electron chi connectivity index (χ4n) is 1.99. The number of fused-ring (bicyclic) bond motifs is 1. The molecule has 1 aromatic carbocycles. The van der Waals surface area contributed by atoms with Gasteiger partial charge in [0.05, 0.1) is 16.5 Å². The van der Waals surface area contributed by atoms with E-state index in [0.29, 0.717) is 10.5 Å². The smallest absolute Gasteiger partial charge is 0.296 e. The molecule has 5 nitrogen and oxygen atoms in total. The zero-order valence-electron chi connectivity index (χ0n) is 10.0. The molecule has 0 aliphatic rings. The van der Waals surface area contributed by atoms with Crippen LogP contribution in [0.4, 0.5) is 8.78 Å². The van der Waals surface area contributed by atoms with Gasteiger partial charge in [-0.2, -0.15) is 0 Å². The molecule has 0 unspecified atom stereocenters. The van der Waals surface area contributed by atoms with Gasteiger partial charge in [-0.05, 0) is 24.3 Å². The number of pyridine rings is 1. The van der Waals surface area contributed by atoms with Crippen LogP contribution in [0.2, 0.25) is 0 Å². The SMILES string of the molecule is Nn1nc(-c2ccccn2)c2c(F)ccc(F)c2c1=O. The number of hydrogen-bond acceptors (Lipinski definition) is 4. The van der Waals surface area contributed by atoms with E-state index < -0.39 is 22.6 Å². The zero-order valence-corrected chi connectivity index (χ0v) is 10.0. The van der Waals surface area contributed by atoms with Crippen LogP contribution >= 0.6 is 0 Å². The van der Waals surface area contributed by atoms with Crippen molar-refractivity contribution in [2.24, 2.45) is 0 Å². The van der Waals surface area contributed by atoms with Crippen molar-refractivity contribution in [2.45, 2.75) is 0 Å². The van der Waals surface area contributed by atoms with Crippen molar-refractivity contribution >= 4 is 10.8 Å². The summed E-state index contributed by atoms with van der Waals surface area (Å²) in [5, 5.41) is 3.12. The number of halogens is 2. The van der Waals surface area contributed by atoms with Crippen LogP contribution in [0.15, 0.2) is 41.3 Å². The van der Waals surface area contributed by atoms with Crippen LogP contribution in [0.1, 0.15) is 0 Å². The van der Waals surface area contributed by atoms with Gasteiger partial charge in [0.2, 0.25) is 0 Å². The molecule has 0 radical (unpaired) electrons. The van der Waals surface area contributed by atoms with Gasteiger partial charge >= 0.3 is 0 Å². The fraction of sp³-hybridized carbons (Fsp3) is 0. The third-order valence-corrected chi connectivity index (χ3v) is 2.88. The second kappa shape index (κ2) is 4.37. The molecule has 0 fully saturated rings. The highest BCUT2D eigenvalue weighted by molar-refractivity contribution is 5.93. The Morgan fingerprint density at radius 1 is 1.05 bits per heavy atom. The van der Waals surface area contributed by atoms with Gasteiger partial charge in [-0.3, -0.25) is 9.78 Å². The molecule has 2 N–H and O–H groups in total. The van der Waals surface area contributed by atoms with Gasteiger partial charge in [-0.1, -0.05) is 6.07 Å². The van der Waals surface area contributed by atoms with Crippen LogP contribution in [0, 0.1) is 11.6 Å². The standard InChI is InChI=1S/C13H8F2N4O/c14-7-4-5-8(15)11-10(7)12(18-19(16)13(11)20)9-3-1-2-6-17-9/h1-6H,16H2. The van der Waals surface area contributed by atoms with Crippen LogP contribution in [-0.4, -0.2) is 14.9 Å². The Kier molecular flexibility index (Phi) is 2.67. The Bertz CT molecular complexity index is 862. The molecule has 100 valence electrons. The summed E-state index contributed by atoms with van der Waals surface area (Å²) in [6, 6.07) is 6.71. The maximum Gasteiger partial charge on any atom is 0.296 e. The maximum absolute atomic E-state index is 14.0. The van der Waals surface area contributed by atoms with Gasteiger partial charge in [0, 0.05) is 6.20 Å². The van der Waals surface area contributed by atoms with E-state index in [1.54, 1.807) is 18.2 Å². The number of nitrogens with two attached hydrogens (primary N) is 1. The summed E-state index contributed by atoms with van der Waals surface area (Å²) in [6.07, 6.45) is 1.48. The van der Waals surface area contributed by atoms with E-state index in [1.165, 1.54) is 6.20 Å². The van der Waals surface area contributed by atoms with Crippen molar-refractivity contribution in [3.8, 4) is 11.4 Å². The van der Waals surface area contributed by atoms with E-state index in [9.17, 15) is 13.6 Å². The first-order valence-corrected chi connectivity index (χ1v) is 5.67. The van der Waals surface area contributed by atoms with Crippen molar-refractivity contribution in [3.05, 3.63) is 58.5 Å². The Morgan fingerprint density at radius 2 is 1.75 bits per heavy atom. The van der Waals surface area contributed by atoms with Crippen LogP contribution in [0.25, 0.3) is 22.2 Å². The topological polar surface area (TPSA) is 73.8 Å². The van der Waals surface area contributed by atoms with Gasteiger partial charge in [0.1, 0.15) is 17.3 Å². The van der Waals surface area contributed by atoms with Crippen molar-refractivity contribution in [2.75, 3.05) is 5.84 Å². The first kappa shape index (κ1) is 12.2. The molecule has 7 heteroatoms. The van der Waals surface area contributed by atoms with E-state index in [4.69, 9.17) is 5.84 Å². The molecule has 20 heavy (non-hydrogen) atoms. The van der Waals surface area contributed by atoms with Crippen molar-refractivity contribution < 1.29 is 8.78 Å². The van der Waals surface area contributed by atoms with Gasteiger partial charge in [0.15, 0.2) is 0 Å². The molecule has 0 aliphatic carbocycles. The van der Waals surface area contributed by atoms with Crippen LogP contribution < -0.4 is 11.4 Å². The summed E-state index contributed by atoms with van der Waals surface area (Å²) in [4.78, 5) is 16.3. The summed E-state index contributed by atoms with van der Waals surface area (Å²) >= 11 is 0. The van der Waals surface area contributed by atoms with Crippen molar-refractivity contribution in [1.82, 2.24) is 14.9 Å². The fourth-order valence-corrected chi connectivity index (χ4v) is 1.99. The van der Waals surface area contributed by atoms with E-state index >= 15 is 0 Å². The largest absolute Gasteiger partial charge is 0.320 e. The number of aromatic nitrogens is 3. The minimum Gasteiger partial charge on any atom is -0.320 e. The van der Waals surface area contributed by atoms with Crippen molar-refractivity contribution in [1.29, 1.82) is 0 Å². The quantitative estimate of drug-likeness (QED) is 0.682. The summed E-state index contributed by atoms with van der Waals surface area (Å²) in [6.45, 7) is 0. The van der Waals surface area contributed by atoms with E-state index in [2.05, 4.69) is 10.1 Å². The third kappa shape index (κ3) is 1.71. The summed E-state index contributed by atoms with van der Waals surface area (Å²) in [7, 11) is 0. The lowest BCUT2D eigenvalue weighted by molar-refractivity contribution is 0.613. The average molecular weight is 274 g/mol. The third-order valence-electron chi connectivity index (χ3n) is 2.88. The molecule has 0 bridgehead atoms. The lowest BCUT2D eigenvalue weighted by atomic mass is 10.1. The lowest BCUT2D eigenvalue weighted by Gasteiger charge is -2.08. The van der Waals surface area contributed by atoms with E-state index in [0.717, 1.165) is 12.1 Å². The monoisotopic (exact) mass is 274 g/mol. The zero-order chi connectivity index (χ0) is 14.3. The van der Waals surface area contributed by atoms with Crippen molar-refractivity contribution in [3.63, 3.8) is 0 Å². The molecule has 0 spiro atoms. The van der Waals surface area contributed by atoms with Crippen LogP contribution in [0.5, 0.6) is 0 Å². The van der Waals surface area contributed by atoms with Gasteiger partial charge in [-0.15, -0.1) is 9.89 Å². The molecule has 3 aromatic rings. The molecule has 3 rings (SSSR count). The predicted molar refractivity (Wildman–Crippen MR) is 69.3 cm³/mol. The number of nitrogen functional groups attached to an aromatic ring is 1. The molecular formula is C13H8F2N4O. The van der Waals surface area contributed by atoms with Crippen LogP contribution in [-0.2, 0) is 0 Å². The molecular weight excluding hydrogens is 266 g/mol. The molecule has 2 aromatic heterocycles. The highest BCUT2D eigenvalue weighted by Gasteiger charge is 2.18. The number of benzene rings is 1. The average Bonchev–Trinajstić information content (AvgIpc) is 2.46. The maximum atomic E-state index is 14.0. The summed E-state index contributed by atoms with van der Waals surface area (Å²) < 4.78 is 27.8. The molecule has 0 saturated heterocycles. The lowest BCUT2D eigenvalue weighted by Crippen LogP contribution is -2.31. The minimum absolute atomic E-state index is 0.0136. The van der Waals surface area contributed by atoms with Gasteiger partial charge in [0.25, 0.3) is 5.56 Å². The molecule has 0 saturated carbocycles. The highest BCUT2D eigenvalue weighted by atomic mass is 19.1. The molecule has 2 heterocycles. The first-order chi connectivity index (χ1) is 9.59. The Hall–Kier alpha value is -2.83. The van der Waals surface area contributed by atoms with Gasteiger partial charge < -0.3 is 5.84 Å². The molecule has 0 aliphatic heterocycles. The second-order valence-electron chi connectivity index (χ2n) is 4.09. The number of nitrogens with zero attached hydrogens (tertiary/aromatic N) is 3. The Labute approximate surface area is 111 Å². The summed E-state index contributed by atoms with van der Waals surface area (Å²) in [5.74, 6) is 3.81. The van der Waals surface area contributed by atoms with Gasteiger partial charge in [-0.25, -0.2) is 8.78 Å². The molecule has 0 amide bonds. The number of rotatable bonds is 1. The highest BCUT2D eigenvalue weighted by Crippen LogP contribution is 2.26. The van der Waals surface area contributed by atoms with Crippen LogP contribution in [0.3, 0.4) is 0 Å². The Balaban J connectivity index is 2.54. The predicted octanol–water partition coefficient (Wildman–Crippen LogP) is 1.45. The number of hydrogen-bond donors (Lipinski definition) is 1. The molecule has 0 atom stereocenters. The van der Waals surface area contributed by atoms with E-state index in [1.807, 2.05) is 0 Å².